The summed E-state index contributed by atoms with van der Waals surface area (Å²) in [6.07, 6.45) is 1.33. The summed E-state index contributed by atoms with van der Waals surface area (Å²) in [5.41, 5.74) is 1.43. The number of nitrogens with one attached hydrogen (secondary N) is 1. The molecule has 0 bridgehead atoms. The average Bonchev–Trinajstić information content (AvgIpc) is 2.91. The Morgan fingerprint density at radius 1 is 0.895 bits per heavy atom. The molecule has 0 aromatic heterocycles. The van der Waals surface area contributed by atoms with Crippen LogP contribution in [0.1, 0.15) is 11.1 Å². The van der Waals surface area contributed by atoms with Crippen molar-refractivity contribution in [1.29, 1.82) is 0 Å². The standard InChI is InChI=1S/C28H25ClN2O7/c1-17-6-4-5-7-23(17)37-12-13-38-25-22(29)15-18(16-24(25)36-3)14-21-26(32)30-28(34)31(27(21)33)19-8-10-20(35-2)11-9-19/h4-11,14-16H,12-13H2,1-3H3,(H,30,32,34)/b21-14-. The molecule has 1 aliphatic heterocycles. The van der Waals surface area contributed by atoms with Crippen molar-refractivity contribution in [3.63, 3.8) is 0 Å². The molecule has 0 radical (unpaired) electrons. The molecule has 1 fully saturated rings. The van der Waals surface area contributed by atoms with Gasteiger partial charge in [-0.2, -0.15) is 0 Å². The van der Waals surface area contributed by atoms with E-state index in [1.807, 2.05) is 31.2 Å². The lowest BCUT2D eigenvalue weighted by Gasteiger charge is -2.26. The average molecular weight is 537 g/mol. The highest BCUT2D eigenvalue weighted by molar-refractivity contribution is 6.39. The highest BCUT2D eigenvalue weighted by Gasteiger charge is 2.37. The van der Waals surface area contributed by atoms with E-state index in [0.717, 1.165) is 16.2 Å². The SMILES string of the molecule is COc1ccc(N2C(=O)NC(=O)/C(=C/c3cc(Cl)c(OCCOc4ccccc4C)c(OC)c3)C2=O)cc1. The zero-order valence-corrected chi connectivity index (χ0v) is 21.7. The molecule has 1 saturated heterocycles. The van der Waals surface area contributed by atoms with Crippen molar-refractivity contribution in [2.24, 2.45) is 0 Å². The van der Waals surface area contributed by atoms with Gasteiger partial charge in [0.05, 0.1) is 24.9 Å². The molecular weight excluding hydrogens is 512 g/mol. The second kappa shape index (κ2) is 11.7. The minimum absolute atomic E-state index is 0.199. The van der Waals surface area contributed by atoms with Gasteiger partial charge in [0.2, 0.25) is 0 Å². The smallest absolute Gasteiger partial charge is 0.335 e. The maximum absolute atomic E-state index is 13.2. The minimum atomic E-state index is -0.852. The van der Waals surface area contributed by atoms with E-state index in [2.05, 4.69) is 5.32 Å². The van der Waals surface area contributed by atoms with E-state index in [1.54, 1.807) is 30.3 Å². The number of barbiturate groups is 1. The first kappa shape index (κ1) is 26.6. The van der Waals surface area contributed by atoms with Crippen LogP contribution in [-0.2, 0) is 9.59 Å². The van der Waals surface area contributed by atoms with E-state index >= 15 is 0 Å². The van der Waals surface area contributed by atoms with Gasteiger partial charge in [-0.25, -0.2) is 9.69 Å². The molecular formula is C28H25ClN2O7. The number of amides is 4. The predicted molar refractivity (Wildman–Crippen MR) is 142 cm³/mol. The van der Waals surface area contributed by atoms with Crippen molar-refractivity contribution >= 4 is 41.2 Å². The molecule has 1 N–H and O–H groups in total. The van der Waals surface area contributed by atoms with Gasteiger partial charge in [0, 0.05) is 0 Å². The van der Waals surface area contributed by atoms with Crippen LogP contribution >= 0.6 is 11.6 Å². The van der Waals surface area contributed by atoms with E-state index in [1.165, 1.54) is 26.4 Å². The summed E-state index contributed by atoms with van der Waals surface area (Å²) in [4.78, 5) is 39.0. The van der Waals surface area contributed by atoms with Gasteiger partial charge < -0.3 is 18.9 Å². The summed E-state index contributed by atoms with van der Waals surface area (Å²) in [7, 11) is 2.95. The molecule has 196 valence electrons. The second-order valence-electron chi connectivity index (χ2n) is 8.15. The van der Waals surface area contributed by atoms with Crippen LogP contribution in [-0.4, -0.2) is 45.3 Å². The molecule has 3 aromatic rings. The van der Waals surface area contributed by atoms with Crippen LogP contribution in [0.25, 0.3) is 6.08 Å². The Morgan fingerprint density at radius 3 is 2.29 bits per heavy atom. The quantitative estimate of drug-likeness (QED) is 0.238. The zero-order chi connectivity index (χ0) is 27.2. The number of methoxy groups -OCH3 is 2. The molecule has 4 amide bonds. The van der Waals surface area contributed by atoms with E-state index in [-0.39, 0.29) is 29.5 Å². The van der Waals surface area contributed by atoms with E-state index in [0.29, 0.717) is 22.8 Å². The minimum Gasteiger partial charge on any atom is -0.497 e. The zero-order valence-electron chi connectivity index (χ0n) is 20.9. The fraction of sp³-hybridized carbons (Fsp3) is 0.179. The first-order valence-electron chi connectivity index (χ1n) is 11.6. The van der Waals surface area contributed by atoms with Gasteiger partial charge in [0.15, 0.2) is 11.5 Å². The summed E-state index contributed by atoms with van der Waals surface area (Å²) in [6.45, 7) is 2.43. The highest BCUT2D eigenvalue weighted by atomic mass is 35.5. The number of ether oxygens (including phenoxy) is 4. The number of aryl methyl sites for hydroxylation is 1. The molecule has 3 aromatic carbocycles. The summed E-state index contributed by atoms with van der Waals surface area (Å²) < 4.78 is 22.1. The third-order valence-corrected chi connectivity index (χ3v) is 5.96. The summed E-state index contributed by atoms with van der Waals surface area (Å²) in [6, 6.07) is 16.2. The van der Waals surface area contributed by atoms with Gasteiger partial charge in [-0.05, 0) is 66.6 Å². The number of para-hydroxylation sites is 1. The molecule has 0 saturated carbocycles. The van der Waals surface area contributed by atoms with Gasteiger partial charge in [0.1, 0.15) is 30.3 Å². The lowest BCUT2D eigenvalue weighted by molar-refractivity contribution is -0.122. The maximum atomic E-state index is 13.2. The number of imide groups is 2. The number of nitrogens with zero attached hydrogens (tertiary/aromatic N) is 1. The van der Waals surface area contributed by atoms with Crippen LogP contribution in [0.5, 0.6) is 23.0 Å². The Bertz CT molecular complexity index is 1400. The molecule has 10 heteroatoms. The molecule has 9 nitrogen and oxygen atoms in total. The molecule has 4 rings (SSSR count). The van der Waals surface area contributed by atoms with Crippen molar-refractivity contribution in [3.8, 4) is 23.0 Å². The van der Waals surface area contributed by atoms with Crippen LogP contribution in [0.3, 0.4) is 0 Å². The monoisotopic (exact) mass is 536 g/mol. The van der Waals surface area contributed by atoms with Crippen LogP contribution in [0.15, 0.2) is 66.2 Å². The van der Waals surface area contributed by atoms with Crippen LogP contribution in [0, 0.1) is 6.92 Å². The van der Waals surface area contributed by atoms with Gasteiger partial charge in [-0.3, -0.25) is 14.9 Å². The third kappa shape index (κ3) is 5.73. The summed E-state index contributed by atoms with van der Waals surface area (Å²) in [5.74, 6) is 0.289. The number of halogens is 1. The van der Waals surface area contributed by atoms with Gasteiger partial charge in [-0.1, -0.05) is 29.8 Å². The number of carbonyl (C=O) groups excluding carboxylic acids is 3. The Kier molecular flexibility index (Phi) is 8.18. The molecule has 0 aliphatic carbocycles. The van der Waals surface area contributed by atoms with Crippen LogP contribution < -0.4 is 29.2 Å². The van der Waals surface area contributed by atoms with Crippen LogP contribution in [0.2, 0.25) is 5.02 Å². The Labute approximate surface area is 224 Å². The second-order valence-corrected chi connectivity index (χ2v) is 8.56. The van der Waals surface area contributed by atoms with Crippen molar-refractivity contribution in [3.05, 3.63) is 82.4 Å². The summed E-state index contributed by atoms with van der Waals surface area (Å²) >= 11 is 6.46. The Morgan fingerprint density at radius 2 is 1.61 bits per heavy atom. The van der Waals surface area contributed by atoms with Crippen molar-refractivity contribution in [2.45, 2.75) is 6.92 Å². The van der Waals surface area contributed by atoms with Gasteiger partial charge in [-0.15, -0.1) is 0 Å². The lowest BCUT2D eigenvalue weighted by Crippen LogP contribution is -2.54. The first-order valence-corrected chi connectivity index (χ1v) is 11.9. The van der Waals surface area contributed by atoms with E-state index in [9.17, 15) is 14.4 Å². The van der Waals surface area contributed by atoms with Crippen LogP contribution in [0.4, 0.5) is 10.5 Å². The molecule has 1 heterocycles. The number of carbonyl (C=O) groups is 3. The molecule has 0 spiro atoms. The van der Waals surface area contributed by atoms with E-state index in [4.69, 9.17) is 30.5 Å². The fourth-order valence-electron chi connectivity index (χ4n) is 3.77. The van der Waals surface area contributed by atoms with Gasteiger partial charge >= 0.3 is 6.03 Å². The number of urea groups is 1. The number of benzene rings is 3. The number of hydrogen-bond donors (Lipinski definition) is 1. The van der Waals surface area contributed by atoms with Gasteiger partial charge in [0.25, 0.3) is 11.8 Å². The molecule has 0 unspecified atom stereocenters. The number of rotatable bonds is 9. The van der Waals surface area contributed by atoms with E-state index < -0.39 is 17.8 Å². The third-order valence-electron chi connectivity index (χ3n) is 5.68. The summed E-state index contributed by atoms with van der Waals surface area (Å²) in [5, 5.41) is 2.40. The predicted octanol–water partition coefficient (Wildman–Crippen LogP) is 4.79. The first-order chi connectivity index (χ1) is 18.3. The Balaban J connectivity index is 1.53. The molecule has 38 heavy (non-hydrogen) atoms. The normalized spacial score (nSPS) is 14.4. The van der Waals surface area contributed by atoms with Crippen molar-refractivity contribution in [2.75, 3.05) is 32.3 Å². The molecule has 1 aliphatic rings. The topological polar surface area (TPSA) is 103 Å². The van der Waals surface area contributed by atoms with Crippen molar-refractivity contribution < 1.29 is 33.3 Å². The fourth-order valence-corrected chi connectivity index (χ4v) is 4.04. The number of anilines is 1. The largest absolute Gasteiger partial charge is 0.497 e. The number of hydrogen-bond acceptors (Lipinski definition) is 7. The molecule has 0 atom stereocenters. The lowest BCUT2D eigenvalue weighted by atomic mass is 10.1. The maximum Gasteiger partial charge on any atom is 0.335 e. The van der Waals surface area contributed by atoms with Crippen molar-refractivity contribution in [1.82, 2.24) is 5.32 Å². The Hall–Kier alpha value is -4.50. The highest BCUT2D eigenvalue weighted by Crippen LogP contribution is 2.37.